The van der Waals surface area contributed by atoms with E-state index in [1.54, 1.807) is 26.3 Å². The summed E-state index contributed by atoms with van der Waals surface area (Å²) in [5, 5.41) is 3.79. The van der Waals surface area contributed by atoms with Gasteiger partial charge in [-0.25, -0.2) is 4.98 Å². The van der Waals surface area contributed by atoms with E-state index in [2.05, 4.69) is 26.1 Å². The topological polar surface area (TPSA) is 73.5 Å². The number of ether oxygens (including phenoxy) is 2. The van der Waals surface area contributed by atoms with Crippen LogP contribution in [-0.2, 0) is 6.54 Å². The van der Waals surface area contributed by atoms with Crippen molar-refractivity contribution in [2.24, 2.45) is 0 Å². The van der Waals surface area contributed by atoms with Crippen molar-refractivity contribution in [3.63, 3.8) is 0 Å². The van der Waals surface area contributed by atoms with Crippen molar-refractivity contribution in [1.29, 1.82) is 0 Å². The lowest BCUT2D eigenvalue weighted by Gasteiger charge is -2.16. The third-order valence-corrected chi connectivity index (χ3v) is 4.56. The molecule has 0 spiro atoms. The molecular weight excluding hydrogens is 344 g/mol. The summed E-state index contributed by atoms with van der Waals surface area (Å²) in [5.74, 6) is 2.84. The first kappa shape index (κ1) is 17.5. The molecule has 2 aromatic heterocycles. The smallest absolute Gasteiger partial charge is 0.259 e. The van der Waals surface area contributed by atoms with Crippen molar-refractivity contribution in [2.75, 3.05) is 20.2 Å². The fourth-order valence-electron chi connectivity index (χ4n) is 3.19. The maximum Gasteiger partial charge on any atom is 0.259 e. The summed E-state index contributed by atoms with van der Waals surface area (Å²) in [6.45, 7) is 5.00. The normalized spacial score (nSPS) is 14.4. The maximum atomic E-state index is 5.98. The fraction of sp³-hybridized carbons (Fsp3) is 0.350. The van der Waals surface area contributed by atoms with Gasteiger partial charge in [-0.2, -0.15) is 4.98 Å². The number of nitrogens with zero attached hydrogens (tertiary/aromatic N) is 4. The summed E-state index contributed by atoms with van der Waals surface area (Å²) in [4.78, 5) is 11.0. The first-order chi connectivity index (χ1) is 13.2. The second kappa shape index (κ2) is 7.75. The van der Waals surface area contributed by atoms with Gasteiger partial charge in [-0.3, -0.25) is 4.90 Å². The van der Waals surface area contributed by atoms with Crippen LogP contribution in [0.1, 0.15) is 24.2 Å². The van der Waals surface area contributed by atoms with E-state index in [0.717, 1.165) is 25.2 Å². The van der Waals surface area contributed by atoms with Crippen molar-refractivity contribution in [3.05, 3.63) is 47.9 Å². The molecular formula is C20H22N4O3. The molecule has 27 heavy (non-hydrogen) atoms. The molecule has 1 aliphatic heterocycles. The van der Waals surface area contributed by atoms with Crippen LogP contribution in [0.4, 0.5) is 0 Å². The molecule has 3 aromatic rings. The Bertz CT molecular complexity index is 902. The average Bonchev–Trinajstić information content (AvgIpc) is 3.34. The number of rotatable bonds is 6. The number of benzene rings is 1. The van der Waals surface area contributed by atoms with Gasteiger partial charge in [-0.1, -0.05) is 11.2 Å². The van der Waals surface area contributed by atoms with Gasteiger partial charge in [-0.05, 0) is 56.6 Å². The predicted octanol–water partition coefficient (Wildman–Crippen LogP) is 3.84. The molecule has 0 amide bonds. The molecule has 0 saturated carbocycles. The Morgan fingerprint density at radius 3 is 2.63 bits per heavy atom. The van der Waals surface area contributed by atoms with E-state index in [4.69, 9.17) is 14.0 Å². The summed E-state index contributed by atoms with van der Waals surface area (Å²) in [7, 11) is 1.64. The molecule has 1 saturated heterocycles. The van der Waals surface area contributed by atoms with Crippen LogP contribution >= 0.6 is 0 Å². The highest BCUT2D eigenvalue weighted by atomic mass is 16.5. The van der Waals surface area contributed by atoms with E-state index in [-0.39, 0.29) is 0 Å². The zero-order chi connectivity index (χ0) is 18.6. The molecule has 0 aliphatic carbocycles. The third-order valence-electron chi connectivity index (χ3n) is 4.56. The van der Waals surface area contributed by atoms with Gasteiger partial charge in [0.15, 0.2) is 17.3 Å². The van der Waals surface area contributed by atoms with E-state index in [9.17, 15) is 0 Å². The Labute approximate surface area is 157 Å². The molecule has 1 aliphatic rings. The van der Waals surface area contributed by atoms with Crippen LogP contribution in [0.15, 0.2) is 41.1 Å². The lowest BCUT2D eigenvalue weighted by atomic mass is 10.2. The molecule has 1 fully saturated rings. The van der Waals surface area contributed by atoms with Gasteiger partial charge >= 0.3 is 0 Å². The van der Waals surface area contributed by atoms with Gasteiger partial charge < -0.3 is 14.0 Å². The van der Waals surface area contributed by atoms with Gasteiger partial charge in [0.25, 0.3) is 5.89 Å². The van der Waals surface area contributed by atoms with Crippen molar-refractivity contribution >= 4 is 0 Å². The fourth-order valence-corrected chi connectivity index (χ4v) is 3.19. The Kier molecular flexibility index (Phi) is 5.02. The molecule has 140 valence electrons. The predicted molar refractivity (Wildman–Crippen MR) is 99.8 cm³/mol. The van der Waals surface area contributed by atoms with E-state index in [1.807, 2.05) is 18.2 Å². The highest BCUT2D eigenvalue weighted by Gasteiger charge is 2.14. The lowest BCUT2D eigenvalue weighted by Crippen LogP contribution is -2.18. The maximum absolute atomic E-state index is 5.98. The van der Waals surface area contributed by atoms with Crippen molar-refractivity contribution in [1.82, 2.24) is 20.0 Å². The van der Waals surface area contributed by atoms with Gasteiger partial charge in [0, 0.05) is 18.8 Å². The third kappa shape index (κ3) is 4.09. The van der Waals surface area contributed by atoms with Gasteiger partial charge in [0.2, 0.25) is 5.88 Å². The number of hydrogen-bond acceptors (Lipinski definition) is 7. The molecule has 0 bridgehead atoms. The van der Waals surface area contributed by atoms with Crippen molar-refractivity contribution < 1.29 is 14.0 Å². The van der Waals surface area contributed by atoms with Crippen LogP contribution in [-0.4, -0.2) is 40.2 Å². The molecule has 0 radical (unpaired) electrons. The van der Waals surface area contributed by atoms with Crippen LogP contribution in [0, 0.1) is 6.92 Å². The Morgan fingerprint density at radius 2 is 1.96 bits per heavy atom. The van der Waals surface area contributed by atoms with E-state index in [1.165, 1.54) is 18.4 Å². The monoisotopic (exact) mass is 366 g/mol. The second-order valence-corrected chi connectivity index (χ2v) is 6.60. The summed E-state index contributed by atoms with van der Waals surface area (Å²) in [6, 6.07) is 9.67. The first-order valence-electron chi connectivity index (χ1n) is 9.05. The Hall–Kier alpha value is -2.93. The molecule has 4 rings (SSSR count). The quantitative estimate of drug-likeness (QED) is 0.656. The Balaban J connectivity index is 1.51. The zero-order valence-corrected chi connectivity index (χ0v) is 15.5. The number of hydrogen-bond donors (Lipinski definition) is 0. The second-order valence-electron chi connectivity index (χ2n) is 6.60. The standard InChI is InChI=1S/C20H22N4O3/c1-14-22-20(27-23-14)16-6-8-19(21-12-16)26-18-11-15(5-7-17(18)25-2)13-24-9-3-4-10-24/h5-8,11-12H,3-4,9-10,13H2,1-2H3. The van der Waals surface area contributed by atoms with Gasteiger partial charge in [0.05, 0.1) is 12.7 Å². The minimum absolute atomic E-state index is 0.441. The highest BCUT2D eigenvalue weighted by molar-refractivity contribution is 5.52. The summed E-state index contributed by atoms with van der Waals surface area (Å²) >= 11 is 0. The summed E-state index contributed by atoms with van der Waals surface area (Å²) in [6.07, 6.45) is 4.20. The zero-order valence-electron chi connectivity index (χ0n) is 15.5. The van der Waals surface area contributed by atoms with Crippen molar-refractivity contribution in [2.45, 2.75) is 26.3 Å². The van der Waals surface area contributed by atoms with E-state index in [0.29, 0.717) is 29.1 Å². The molecule has 0 atom stereocenters. The van der Waals surface area contributed by atoms with Crippen LogP contribution in [0.25, 0.3) is 11.5 Å². The van der Waals surface area contributed by atoms with Crippen LogP contribution in [0.3, 0.4) is 0 Å². The van der Waals surface area contributed by atoms with Crippen LogP contribution < -0.4 is 9.47 Å². The highest BCUT2D eigenvalue weighted by Crippen LogP contribution is 2.32. The Morgan fingerprint density at radius 1 is 1.11 bits per heavy atom. The molecule has 0 N–H and O–H groups in total. The first-order valence-corrected chi connectivity index (χ1v) is 9.05. The molecule has 7 nitrogen and oxygen atoms in total. The average molecular weight is 366 g/mol. The van der Waals surface area contributed by atoms with Crippen molar-refractivity contribution in [3.8, 4) is 28.8 Å². The van der Waals surface area contributed by atoms with E-state index >= 15 is 0 Å². The molecule has 7 heteroatoms. The van der Waals surface area contributed by atoms with Crippen LogP contribution in [0.2, 0.25) is 0 Å². The number of aromatic nitrogens is 3. The molecule has 1 aromatic carbocycles. The minimum Gasteiger partial charge on any atom is -0.493 e. The van der Waals surface area contributed by atoms with E-state index < -0.39 is 0 Å². The number of pyridine rings is 1. The van der Waals surface area contributed by atoms with Gasteiger partial charge in [0.1, 0.15) is 0 Å². The number of aryl methyl sites for hydroxylation is 1. The van der Waals surface area contributed by atoms with Crippen LogP contribution in [0.5, 0.6) is 17.4 Å². The summed E-state index contributed by atoms with van der Waals surface area (Å²) < 4.78 is 16.6. The summed E-state index contributed by atoms with van der Waals surface area (Å²) in [5.41, 5.74) is 1.95. The lowest BCUT2D eigenvalue weighted by molar-refractivity contribution is 0.329. The number of likely N-dealkylation sites (tertiary alicyclic amines) is 1. The number of methoxy groups -OCH3 is 1. The van der Waals surface area contributed by atoms with Gasteiger partial charge in [-0.15, -0.1) is 0 Å². The molecule has 3 heterocycles. The largest absolute Gasteiger partial charge is 0.493 e. The molecule has 0 unspecified atom stereocenters. The SMILES string of the molecule is COc1ccc(CN2CCCC2)cc1Oc1ccc(-c2nc(C)no2)cn1. The minimum atomic E-state index is 0.441.